The molecule has 1 aliphatic carbocycles. The molecule has 0 radical (unpaired) electrons. The zero-order valence-electron chi connectivity index (χ0n) is 10.4. The highest BCUT2D eigenvalue weighted by atomic mass is 16.5. The van der Waals surface area contributed by atoms with E-state index in [1.165, 1.54) is 0 Å². The summed E-state index contributed by atoms with van der Waals surface area (Å²) in [5.74, 6) is 1.35. The number of hydrogen-bond donors (Lipinski definition) is 2. The lowest BCUT2D eigenvalue weighted by Crippen LogP contribution is -2.22. The molecule has 1 aliphatic rings. The van der Waals surface area contributed by atoms with Crippen LogP contribution in [0.4, 0.5) is 0 Å². The van der Waals surface area contributed by atoms with E-state index in [4.69, 9.17) is 20.9 Å². The molecule has 1 aromatic rings. The third-order valence-corrected chi connectivity index (χ3v) is 2.84. The Hall–Kier alpha value is -2.24. The monoisotopic (exact) mass is 248 g/mol. The van der Waals surface area contributed by atoms with Crippen molar-refractivity contribution in [3.05, 3.63) is 23.3 Å². The van der Waals surface area contributed by atoms with Gasteiger partial charge in [0.15, 0.2) is 11.5 Å². The molecule has 0 fully saturated rings. The highest BCUT2D eigenvalue weighted by Gasteiger charge is 2.21. The molecule has 0 saturated heterocycles. The van der Waals surface area contributed by atoms with Crippen LogP contribution in [0.25, 0.3) is 0 Å². The minimum atomic E-state index is -0.0450. The molecule has 0 heterocycles. The SMILES string of the molecule is COc1cc2c(cc1OC)C(=NN=C(N)N)CC2. The van der Waals surface area contributed by atoms with Crippen molar-refractivity contribution in [2.45, 2.75) is 12.8 Å². The number of ether oxygens (including phenoxy) is 2. The fourth-order valence-electron chi connectivity index (χ4n) is 2.01. The Morgan fingerprint density at radius 3 is 2.39 bits per heavy atom. The Labute approximate surface area is 105 Å². The van der Waals surface area contributed by atoms with Gasteiger partial charge in [-0.1, -0.05) is 0 Å². The lowest BCUT2D eigenvalue weighted by molar-refractivity contribution is 0.354. The van der Waals surface area contributed by atoms with Gasteiger partial charge in [0.25, 0.3) is 0 Å². The van der Waals surface area contributed by atoms with Crippen LogP contribution in [-0.4, -0.2) is 25.9 Å². The summed E-state index contributed by atoms with van der Waals surface area (Å²) in [5, 5.41) is 7.74. The number of aryl methyl sites for hydroxylation is 1. The Morgan fingerprint density at radius 2 is 1.78 bits per heavy atom. The summed E-state index contributed by atoms with van der Waals surface area (Å²) in [7, 11) is 3.22. The third kappa shape index (κ3) is 2.22. The van der Waals surface area contributed by atoms with Crippen molar-refractivity contribution in [3.8, 4) is 11.5 Å². The minimum absolute atomic E-state index is 0.0450. The third-order valence-electron chi connectivity index (χ3n) is 2.84. The maximum Gasteiger partial charge on any atom is 0.211 e. The van der Waals surface area contributed by atoms with Crippen molar-refractivity contribution >= 4 is 11.7 Å². The largest absolute Gasteiger partial charge is 0.493 e. The van der Waals surface area contributed by atoms with Gasteiger partial charge in [-0.15, -0.1) is 5.10 Å². The first-order valence-electron chi connectivity index (χ1n) is 5.56. The lowest BCUT2D eigenvalue weighted by Gasteiger charge is -2.09. The lowest BCUT2D eigenvalue weighted by atomic mass is 10.1. The smallest absolute Gasteiger partial charge is 0.211 e. The van der Waals surface area contributed by atoms with E-state index in [1.807, 2.05) is 12.1 Å². The molecule has 6 nitrogen and oxygen atoms in total. The molecule has 0 aliphatic heterocycles. The van der Waals surface area contributed by atoms with Crippen LogP contribution in [0.3, 0.4) is 0 Å². The van der Waals surface area contributed by atoms with E-state index in [0.717, 1.165) is 35.4 Å². The van der Waals surface area contributed by atoms with Crippen LogP contribution >= 0.6 is 0 Å². The summed E-state index contributed by atoms with van der Waals surface area (Å²) in [5.41, 5.74) is 13.6. The zero-order chi connectivity index (χ0) is 13.1. The molecule has 0 aromatic heterocycles. The molecular formula is C12H16N4O2. The summed E-state index contributed by atoms with van der Waals surface area (Å²) in [4.78, 5) is 0. The quantitative estimate of drug-likeness (QED) is 0.466. The van der Waals surface area contributed by atoms with Crippen LogP contribution in [0, 0.1) is 0 Å². The molecule has 4 N–H and O–H groups in total. The van der Waals surface area contributed by atoms with Crippen LogP contribution in [0.2, 0.25) is 0 Å². The van der Waals surface area contributed by atoms with E-state index in [0.29, 0.717) is 5.75 Å². The molecule has 1 aromatic carbocycles. The molecule has 96 valence electrons. The normalized spacial score (nSPS) is 15.3. The van der Waals surface area contributed by atoms with Crippen LogP contribution in [0.15, 0.2) is 22.3 Å². The van der Waals surface area contributed by atoms with Crippen LogP contribution in [0.5, 0.6) is 11.5 Å². The summed E-state index contributed by atoms with van der Waals surface area (Å²) in [6.07, 6.45) is 1.71. The number of hydrogen-bond acceptors (Lipinski definition) is 4. The molecule has 0 saturated carbocycles. The average molecular weight is 248 g/mol. The van der Waals surface area contributed by atoms with Crippen molar-refractivity contribution in [1.82, 2.24) is 0 Å². The van der Waals surface area contributed by atoms with Crippen molar-refractivity contribution in [3.63, 3.8) is 0 Å². The topological polar surface area (TPSA) is 95.2 Å². The molecule has 0 atom stereocenters. The number of guanidine groups is 1. The van der Waals surface area contributed by atoms with Gasteiger partial charge in [-0.05, 0) is 30.5 Å². The Kier molecular flexibility index (Phi) is 3.36. The fourth-order valence-corrected chi connectivity index (χ4v) is 2.01. The number of nitrogens with two attached hydrogens (primary N) is 2. The van der Waals surface area contributed by atoms with E-state index < -0.39 is 0 Å². The van der Waals surface area contributed by atoms with Crippen LogP contribution < -0.4 is 20.9 Å². The van der Waals surface area contributed by atoms with Crippen molar-refractivity contribution in [1.29, 1.82) is 0 Å². The predicted molar refractivity (Wildman–Crippen MR) is 70.2 cm³/mol. The first-order valence-corrected chi connectivity index (χ1v) is 5.56. The Bertz CT molecular complexity index is 519. The fraction of sp³-hybridized carbons (Fsp3) is 0.333. The zero-order valence-corrected chi connectivity index (χ0v) is 10.4. The molecule has 0 bridgehead atoms. The number of rotatable bonds is 3. The first kappa shape index (κ1) is 12.2. The Balaban J connectivity index is 2.44. The summed E-state index contributed by atoms with van der Waals surface area (Å²) >= 11 is 0. The summed E-state index contributed by atoms with van der Waals surface area (Å²) in [6, 6.07) is 3.87. The van der Waals surface area contributed by atoms with Gasteiger partial charge < -0.3 is 20.9 Å². The first-order chi connectivity index (χ1) is 8.65. The minimum Gasteiger partial charge on any atom is -0.493 e. The van der Waals surface area contributed by atoms with E-state index in [2.05, 4.69) is 10.2 Å². The van der Waals surface area contributed by atoms with Crippen molar-refractivity contribution in [2.24, 2.45) is 21.7 Å². The Morgan fingerprint density at radius 1 is 1.11 bits per heavy atom. The van der Waals surface area contributed by atoms with E-state index in [-0.39, 0.29) is 5.96 Å². The van der Waals surface area contributed by atoms with Gasteiger partial charge in [0.1, 0.15) is 0 Å². The highest BCUT2D eigenvalue weighted by Crippen LogP contribution is 2.34. The van der Waals surface area contributed by atoms with Gasteiger partial charge >= 0.3 is 0 Å². The van der Waals surface area contributed by atoms with E-state index in [1.54, 1.807) is 14.2 Å². The average Bonchev–Trinajstić information content (AvgIpc) is 2.76. The predicted octanol–water partition coefficient (Wildman–Crippen LogP) is 0.628. The van der Waals surface area contributed by atoms with Crippen LogP contribution in [-0.2, 0) is 6.42 Å². The van der Waals surface area contributed by atoms with Gasteiger partial charge in [0, 0.05) is 5.56 Å². The van der Waals surface area contributed by atoms with Gasteiger partial charge in [0.05, 0.1) is 19.9 Å². The van der Waals surface area contributed by atoms with Gasteiger partial charge in [-0.3, -0.25) is 0 Å². The molecular weight excluding hydrogens is 232 g/mol. The molecule has 6 heteroatoms. The second-order valence-electron chi connectivity index (χ2n) is 3.94. The number of nitrogens with zero attached hydrogens (tertiary/aromatic N) is 2. The van der Waals surface area contributed by atoms with E-state index >= 15 is 0 Å². The van der Waals surface area contributed by atoms with E-state index in [9.17, 15) is 0 Å². The molecule has 18 heavy (non-hydrogen) atoms. The van der Waals surface area contributed by atoms with Gasteiger partial charge in [0.2, 0.25) is 5.96 Å². The maximum absolute atomic E-state index is 5.27. The van der Waals surface area contributed by atoms with Gasteiger partial charge in [-0.25, -0.2) is 0 Å². The summed E-state index contributed by atoms with van der Waals surface area (Å²) < 4.78 is 10.5. The second kappa shape index (κ2) is 4.95. The number of benzene rings is 1. The molecule has 0 amide bonds. The molecule has 0 spiro atoms. The number of fused-ring (bicyclic) bond motifs is 1. The second-order valence-corrected chi connectivity index (χ2v) is 3.94. The maximum atomic E-state index is 5.27. The molecule has 0 unspecified atom stereocenters. The highest BCUT2D eigenvalue weighted by molar-refractivity contribution is 6.05. The van der Waals surface area contributed by atoms with Crippen molar-refractivity contribution < 1.29 is 9.47 Å². The molecule has 2 rings (SSSR count). The number of methoxy groups -OCH3 is 2. The van der Waals surface area contributed by atoms with Crippen LogP contribution in [0.1, 0.15) is 17.5 Å². The summed E-state index contributed by atoms with van der Waals surface area (Å²) in [6.45, 7) is 0. The van der Waals surface area contributed by atoms with Gasteiger partial charge in [-0.2, -0.15) is 5.10 Å². The van der Waals surface area contributed by atoms with Crippen molar-refractivity contribution in [2.75, 3.05) is 14.2 Å². The standard InChI is InChI=1S/C12H16N4O2/c1-17-10-5-7-3-4-9(15-16-12(13)14)8(7)6-11(10)18-2/h5-6H,3-4H2,1-2H3,(H4,13,14,16).